The highest BCUT2D eigenvalue weighted by atomic mass is 19.3. The van der Waals surface area contributed by atoms with Crippen LogP contribution in [0.1, 0.15) is 33.6 Å². The molecule has 6 heteroatoms. The highest BCUT2D eigenvalue weighted by Crippen LogP contribution is 2.21. The zero-order valence-corrected chi connectivity index (χ0v) is 11.1. The molecule has 106 valence electrons. The summed E-state index contributed by atoms with van der Waals surface area (Å²) in [5, 5.41) is 0. The zero-order chi connectivity index (χ0) is 13.8. The van der Waals surface area contributed by atoms with E-state index in [4.69, 9.17) is 9.47 Å². The first-order chi connectivity index (χ1) is 8.34. The van der Waals surface area contributed by atoms with Crippen molar-refractivity contribution < 1.29 is 23.0 Å². The third kappa shape index (κ3) is 4.49. The van der Waals surface area contributed by atoms with Crippen molar-refractivity contribution in [2.75, 3.05) is 19.7 Å². The van der Waals surface area contributed by atoms with Gasteiger partial charge in [-0.25, -0.2) is 0 Å². The van der Waals surface area contributed by atoms with Gasteiger partial charge in [0.25, 0.3) is 5.91 Å². The first-order valence-corrected chi connectivity index (χ1v) is 6.28. The second kappa shape index (κ2) is 6.43. The fourth-order valence-corrected chi connectivity index (χ4v) is 2.02. The third-order valence-corrected chi connectivity index (χ3v) is 2.89. The molecule has 0 bridgehead atoms. The van der Waals surface area contributed by atoms with Gasteiger partial charge in [0.15, 0.2) is 6.29 Å². The minimum absolute atomic E-state index is 0.0268. The van der Waals surface area contributed by atoms with E-state index >= 15 is 0 Å². The highest BCUT2D eigenvalue weighted by molar-refractivity contribution is 5.83. The number of hydrogen-bond donors (Lipinski definition) is 0. The zero-order valence-electron chi connectivity index (χ0n) is 11.1. The lowest BCUT2D eigenvalue weighted by Gasteiger charge is -2.34. The van der Waals surface area contributed by atoms with Crippen LogP contribution >= 0.6 is 0 Å². The van der Waals surface area contributed by atoms with Crippen molar-refractivity contribution in [2.24, 2.45) is 0 Å². The third-order valence-electron chi connectivity index (χ3n) is 2.89. The molecule has 0 aliphatic carbocycles. The van der Waals surface area contributed by atoms with Gasteiger partial charge in [0.2, 0.25) is 0 Å². The molecule has 0 radical (unpaired) electrons. The number of hydrogen-bond acceptors (Lipinski definition) is 3. The van der Waals surface area contributed by atoms with Crippen LogP contribution in [-0.4, -0.2) is 48.8 Å². The molecule has 0 aromatic heterocycles. The van der Waals surface area contributed by atoms with Gasteiger partial charge in [0.1, 0.15) is 0 Å². The van der Waals surface area contributed by atoms with Gasteiger partial charge in [0, 0.05) is 26.6 Å². The van der Waals surface area contributed by atoms with Crippen LogP contribution in [-0.2, 0) is 14.3 Å². The van der Waals surface area contributed by atoms with Crippen LogP contribution in [0.25, 0.3) is 0 Å². The molecule has 1 heterocycles. The number of carbonyl (C=O) groups is 1. The predicted molar refractivity (Wildman–Crippen MR) is 62.4 cm³/mol. The van der Waals surface area contributed by atoms with E-state index in [0.717, 1.165) is 0 Å². The van der Waals surface area contributed by atoms with Gasteiger partial charge in [0.05, 0.1) is 6.10 Å². The van der Waals surface area contributed by atoms with Crippen molar-refractivity contribution in [3.05, 3.63) is 0 Å². The molecule has 1 rings (SSSR count). The Hall–Kier alpha value is -0.750. The fourth-order valence-electron chi connectivity index (χ4n) is 2.02. The van der Waals surface area contributed by atoms with E-state index in [9.17, 15) is 13.6 Å². The fraction of sp³-hybridized carbons (Fsp3) is 0.917. The van der Waals surface area contributed by atoms with E-state index in [0.29, 0.717) is 39.5 Å². The number of ether oxygens (including phenoxy) is 2. The first-order valence-electron chi connectivity index (χ1n) is 6.28. The predicted octanol–water partition coefficient (Wildman–Crippen LogP) is 2.03. The Labute approximate surface area is 106 Å². The van der Waals surface area contributed by atoms with E-state index in [1.807, 2.05) is 6.92 Å². The quantitative estimate of drug-likeness (QED) is 0.714. The molecule has 0 saturated carbocycles. The van der Waals surface area contributed by atoms with Gasteiger partial charge < -0.3 is 14.4 Å². The Morgan fingerprint density at radius 3 is 2.44 bits per heavy atom. The van der Waals surface area contributed by atoms with E-state index in [2.05, 4.69) is 0 Å². The van der Waals surface area contributed by atoms with Crippen LogP contribution in [0.5, 0.6) is 0 Å². The molecular formula is C12H21F2NO3. The number of alkyl halides is 2. The van der Waals surface area contributed by atoms with Crippen LogP contribution in [0.4, 0.5) is 8.78 Å². The van der Waals surface area contributed by atoms with E-state index in [1.54, 1.807) is 6.92 Å². The summed E-state index contributed by atoms with van der Waals surface area (Å²) in [4.78, 5) is 12.6. The summed E-state index contributed by atoms with van der Waals surface area (Å²) in [6.07, 6.45) is 0.814. The molecule has 1 unspecified atom stereocenters. The highest BCUT2D eigenvalue weighted by Gasteiger charge is 2.38. The number of rotatable bonds is 5. The Balaban J connectivity index is 2.35. The lowest BCUT2D eigenvalue weighted by molar-refractivity contribution is -0.174. The van der Waals surface area contributed by atoms with Gasteiger partial charge in [-0.2, -0.15) is 8.78 Å². The van der Waals surface area contributed by atoms with Gasteiger partial charge in [-0.1, -0.05) is 0 Å². The molecule has 0 spiro atoms. The van der Waals surface area contributed by atoms with Crippen molar-refractivity contribution >= 4 is 5.91 Å². The Kier molecular flexibility index (Phi) is 5.47. The molecule has 1 amide bonds. The summed E-state index contributed by atoms with van der Waals surface area (Å²) < 4.78 is 36.6. The van der Waals surface area contributed by atoms with Crippen LogP contribution in [0.2, 0.25) is 0 Å². The van der Waals surface area contributed by atoms with Crippen molar-refractivity contribution in [3.8, 4) is 0 Å². The van der Waals surface area contributed by atoms with Gasteiger partial charge >= 0.3 is 5.92 Å². The number of amides is 1. The maximum atomic E-state index is 12.9. The maximum absolute atomic E-state index is 12.9. The van der Waals surface area contributed by atoms with Gasteiger partial charge in [-0.15, -0.1) is 0 Å². The normalized spacial score (nSPS) is 19.9. The lowest BCUT2D eigenvalue weighted by Crippen LogP contribution is -2.47. The molecule has 4 nitrogen and oxygen atoms in total. The summed E-state index contributed by atoms with van der Waals surface area (Å²) in [7, 11) is 0. The van der Waals surface area contributed by atoms with Crippen LogP contribution in [0, 0.1) is 0 Å². The minimum atomic E-state index is -3.29. The monoisotopic (exact) mass is 265 g/mol. The van der Waals surface area contributed by atoms with E-state index in [1.165, 1.54) is 4.90 Å². The molecule has 1 fully saturated rings. The van der Waals surface area contributed by atoms with Crippen molar-refractivity contribution in [1.29, 1.82) is 0 Å². The smallest absolute Gasteiger partial charge is 0.322 e. The summed E-state index contributed by atoms with van der Waals surface area (Å²) in [6.45, 7) is 5.51. The van der Waals surface area contributed by atoms with Crippen LogP contribution in [0.15, 0.2) is 0 Å². The second-order valence-corrected chi connectivity index (χ2v) is 4.54. The molecular weight excluding hydrogens is 244 g/mol. The SMILES string of the molecule is CCOC(C)OC1CCN(C(=O)C(C)(F)F)CC1. The number of likely N-dealkylation sites (tertiary alicyclic amines) is 1. The Morgan fingerprint density at radius 1 is 1.44 bits per heavy atom. The largest absolute Gasteiger partial charge is 0.353 e. The Morgan fingerprint density at radius 2 is 2.00 bits per heavy atom. The Bertz CT molecular complexity index is 273. The van der Waals surface area contributed by atoms with E-state index in [-0.39, 0.29) is 12.4 Å². The average Bonchev–Trinajstić information content (AvgIpc) is 2.28. The van der Waals surface area contributed by atoms with Crippen molar-refractivity contribution in [3.63, 3.8) is 0 Å². The number of carbonyl (C=O) groups excluding carboxylic acids is 1. The molecule has 18 heavy (non-hydrogen) atoms. The maximum Gasteiger partial charge on any atom is 0.322 e. The lowest BCUT2D eigenvalue weighted by atomic mass is 10.1. The van der Waals surface area contributed by atoms with Crippen LogP contribution in [0.3, 0.4) is 0 Å². The molecule has 0 aromatic carbocycles. The van der Waals surface area contributed by atoms with Gasteiger partial charge in [-0.3, -0.25) is 4.79 Å². The number of halogens is 2. The number of piperidine rings is 1. The topological polar surface area (TPSA) is 38.8 Å². The summed E-state index contributed by atoms with van der Waals surface area (Å²) in [5.74, 6) is -4.38. The minimum Gasteiger partial charge on any atom is -0.353 e. The first kappa shape index (κ1) is 15.3. The molecule has 1 saturated heterocycles. The number of nitrogens with zero attached hydrogens (tertiary/aromatic N) is 1. The molecule has 0 N–H and O–H groups in total. The molecule has 1 aliphatic rings. The summed E-state index contributed by atoms with van der Waals surface area (Å²) in [6, 6.07) is 0. The van der Waals surface area contributed by atoms with Crippen molar-refractivity contribution in [2.45, 2.75) is 51.9 Å². The molecule has 0 aromatic rings. The summed E-state index contributed by atoms with van der Waals surface area (Å²) in [5.41, 5.74) is 0. The second-order valence-electron chi connectivity index (χ2n) is 4.54. The average molecular weight is 265 g/mol. The van der Waals surface area contributed by atoms with Gasteiger partial charge in [-0.05, 0) is 26.7 Å². The standard InChI is InChI=1S/C12H21F2NO3/c1-4-17-9(2)18-10-5-7-15(8-6-10)11(16)12(3,13)14/h9-10H,4-8H2,1-3H3. The summed E-state index contributed by atoms with van der Waals surface area (Å²) >= 11 is 0. The molecule has 1 atom stereocenters. The van der Waals surface area contributed by atoms with Crippen molar-refractivity contribution in [1.82, 2.24) is 4.90 Å². The van der Waals surface area contributed by atoms with Crippen LogP contribution < -0.4 is 0 Å². The molecule has 1 aliphatic heterocycles. The van der Waals surface area contributed by atoms with E-state index < -0.39 is 11.8 Å².